The molecule has 0 saturated carbocycles. The van der Waals surface area contributed by atoms with E-state index in [4.69, 9.17) is 4.74 Å². The molecule has 0 aliphatic carbocycles. The second-order valence-corrected chi connectivity index (χ2v) is 7.99. The molecule has 31 heavy (non-hydrogen) atoms. The topological polar surface area (TPSA) is 58.6 Å². The summed E-state index contributed by atoms with van der Waals surface area (Å²) in [6.45, 7) is 0.158. The van der Waals surface area contributed by atoms with Gasteiger partial charge in [-0.25, -0.2) is 0 Å². The quantitative estimate of drug-likeness (QED) is 0.498. The number of likely N-dealkylation sites (N-methyl/N-ethyl adjacent to an activating group) is 1. The van der Waals surface area contributed by atoms with Gasteiger partial charge in [-0.1, -0.05) is 76.6 Å². The standard InChI is InChI=1S/C25H25BrN2O3/c1-27-25(30)23(16-19-8-4-2-5-9-19)28(17-20-10-6-3-7-11-20)24(29)18-31-22-14-12-21(26)13-15-22/h2-15,23H,16-18H2,1H3,(H,27,30)/t23-/m1/s1. The minimum Gasteiger partial charge on any atom is -0.484 e. The van der Waals surface area contributed by atoms with Crippen molar-refractivity contribution in [3.05, 3.63) is 101 Å². The second kappa shape index (κ2) is 11.3. The first-order valence-electron chi connectivity index (χ1n) is 10.0. The fourth-order valence-corrected chi connectivity index (χ4v) is 3.52. The van der Waals surface area contributed by atoms with E-state index in [-0.39, 0.29) is 18.4 Å². The molecule has 3 aromatic rings. The molecule has 0 aliphatic rings. The molecule has 0 unspecified atom stereocenters. The van der Waals surface area contributed by atoms with E-state index < -0.39 is 6.04 Å². The smallest absolute Gasteiger partial charge is 0.261 e. The Morgan fingerprint density at radius 2 is 1.48 bits per heavy atom. The van der Waals surface area contributed by atoms with Crippen molar-refractivity contribution in [2.45, 2.75) is 19.0 Å². The Bertz CT molecular complexity index is 979. The lowest BCUT2D eigenvalue weighted by Crippen LogP contribution is -2.51. The number of carbonyl (C=O) groups is 2. The lowest BCUT2D eigenvalue weighted by Gasteiger charge is -2.31. The molecule has 0 aromatic heterocycles. The molecule has 6 heteroatoms. The number of hydrogen-bond donors (Lipinski definition) is 1. The van der Waals surface area contributed by atoms with E-state index in [0.717, 1.165) is 15.6 Å². The van der Waals surface area contributed by atoms with Crippen LogP contribution >= 0.6 is 15.9 Å². The van der Waals surface area contributed by atoms with Gasteiger partial charge in [0.05, 0.1) is 0 Å². The van der Waals surface area contributed by atoms with Gasteiger partial charge in [-0.05, 0) is 35.4 Å². The molecule has 0 saturated heterocycles. The van der Waals surface area contributed by atoms with Gasteiger partial charge in [0.1, 0.15) is 11.8 Å². The molecule has 0 bridgehead atoms. The van der Waals surface area contributed by atoms with Crippen LogP contribution in [0.5, 0.6) is 5.75 Å². The van der Waals surface area contributed by atoms with E-state index in [2.05, 4.69) is 21.2 Å². The van der Waals surface area contributed by atoms with Gasteiger partial charge in [-0.3, -0.25) is 9.59 Å². The molecule has 0 aliphatic heterocycles. The summed E-state index contributed by atoms with van der Waals surface area (Å²) in [5.41, 5.74) is 1.93. The van der Waals surface area contributed by atoms with E-state index >= 15 is 0 Å². The van der Waals surface area contributed by atoms with Crippen molar-refractivity contribution in [3.63, 3.8) is 0 Å². The number of nitrogens with one attached hydrogen (secondary N) is 1. The molecule has 5 nitrogen and oxygen atoms in total. The van der Waals surface area contributed by atoms with Crippen molar-refractivity contribution >= 4 is 27.7 Å². The molecule has 0 spiro atoms. The van der Waals surface area contributed by atoms with E-state index in [1.54, 1.807) is 24.1 Å². The van der Waals surface area contributed by atoms with Gasteiger partial charge >= 0.3 is 0 Å². The lowest BCUT2D eigenvalue weighted by atomic mass is 10.0. The summed E-state index contributed by atoms with van der Waals surface area (Å²) in [7, 11) is 1.59. The number of rotatable bonds is 9. The Kier molecular flexibility index (Phi) is 8.24. The maximum absolute atomic E-state index is 13.3. The minimum absolute atomic E-state index is 0.156. The monoisotopic (exact) mass is 480 g/mol. The van der Waals surface area contributed by atoms with E-state index in [1.165, 1.54) is 0 Å². The van der Waals surface area contributed by atoms with Crippen molar-refractivity contribution in [1.82, 2.24) is 10.2 Å². The molecular formula is C25H25BrN2O3. The van der Waals surface area contributed by atoms with Crippen molar-refractivity contribution in [3.8, 4) is 5.75 Å². The van der Waals surface area contributed by atoms with Crippen LogP contribution in [0.3, 0.4) is 0 Å². The third kappa shape index (κ3) is 6.69. The van der Waals surface area contributed by atoms with Crippen LogP contribution in [0, 0.1) is 0 Å². The highest BCUT2D eigenvalue weighted by Gasteiger charge is 2.30. The van der Waals surface area contributed by atoms with E-state index in [9.17, 15) is 9.59 Å². The summed E-state index contributed by atoms with van der Waals surface area (Å²) in [5.74, 6) is 0.129. The number of halogens is 1. The molecular weight excluding hydrogens is 456 g/mol. The molecule has 3 aromatic carbocycles. The second-order valence-electron chi connectivity index (χ2n) is 7.07. The van der Waals surface area contributed by atoms with Gasteiger partial charge in [-0.2, -0.15) is 0 Å². The first-order valence-corrected chi connectivity index (χ1v) is 10.8. The number of amides is 2. The van der Waals surface area contributed by atoms with Crippen LogP contribution in [0.1, 0.15) is 11.1 Å². The number of ether oxygens (including phenoxy) is 1. The minimum atomic E-state index is -0.659. The molecule has 1 N–H and O–H groups in total. The Morgan fingerprint density at radius 1 is 0.903 bits per heavy atom. The van der Waals surface area contributed by atoms with Crippen molar-refractivity contribution in [2.24, 2.45) is 0 Å². The van der Waals surface area contributed by atoms with E-state index in [0.29, 0.717) is 18.7 Å². The average molecular weight is 481 g/mol. The van der Waals surface area contributed by atoms with Crippen LogP contribution in [-0.2, 0) is 22.6 Å². The van der Waals surface area contributed by atoms with Crippen LogP contribution in [-0.4, -0.2) is 36.4 Å². The summed E-state index contributed by atoms with van der Waals surface area (Å²) in [5, 5.41) is 2.71. The largest absolute Gasteiger partial charge is 0.484 e. The summed E-state index contributed by atoms with van der Waals surface area (Å²) in [4.78, 5) is 27.7. The van der Waals surface area contributed by atoms with Crippen LogP contribution in [0.15, 0.2) is 89.4 Å². The van der Waals surface area contributed by atoms with Gasteiger partial charge in [0.15, 0.2) is 6.61 Å². The van der Waals surface area contributed by atoms with Crippen LogP contribution in [0.2, 0.25) is 0 Å². The molecule has 160 valence electrons. The van der Waals surface area contributed by atoms with E-state index in [1.807, 2.05) is 72.8 Å². The number of hydrogen-bond acceptors (Lipinski definition) is 3. The maximum atomic E-state index is 13.3. The third-order valence-electron chi connectivity index (χ3n) is 4.89. The highest BCUT2D eigenvalue weighted by atomic mass is 79.9. The average Bonchev–Trinajstić information content (AvgIpc) is 2.81. The Balaban J connectivity index is 1.83. The molecule has 0 heterocycles. The Morgan fingerprint density at radius 3 is 2.06 bits per heavy atom. The lowest BCUT2D eigenvalue weighted by molar-refractivity contribution is -0.142. The summed E-state index contributed by atoms with van der Waals surface area (Å²) >= 11 is 3.39. The predicted octanol–water partition coefficient (Wildman–Crippen LogP) is 4.21. The fourth-order valence-electron chi connectivity index (χ4n) is 3.26. The zero-order valence-corrected chi connectivity index (χ0v) is 18.9. The molecule has 0 fully saturated rings. The maximum Gasteiger partial charge on any atom is 0.261 e. The molecule has 0 radical (unpaired) electrons. The SMILES string of the molecule is CNC(=O)[C@@H](Cc1ccccc1)N(Cc1ccccc1)C(=O)COc1ccc(Br)cc1. The first-order chi connectivity index (χ1) is 15.1. The highest BCUT2D eigenvalue weighted by molar-refractivity contribution is 9.10. The van der Waals surface area contributed by atoms with Crippen molar-refractivity contribution < 1.29 is 14.3 Å². The summed E-state index contributed by atoms with van der Waals surface area (Å²) in [6.07, 6.45) is 0.414. The Labute approximate surface area is 191 Å². The van der Waals surface area contributed by atoms with Gasteiger partial charge < -0.3 is 15.0 Å². The fraction of sp³-hybridized carbons (Fsp3) is 0.200. The van der Waals surface area contributed by atoms with Crippen molar-refractivity contribution in [1.29, 1.82) is 0 Å². The first kappa shape index (κ1) is 22.6. The number of benzene rings is 3. The van der Waals surface area contributed by atoms with Crippen LogP contribution in [0.4, 0.5) is 0 Å². The number of nitrogens with zero attached hydrogens (tertiary/aromatic N) is 1. The van der Waals surface area contributed by atoms with Gasteiger partial charge in [-0.15, -0.1) is 0 Å². The number of carbonyl (C=O) groups excluding carboxylic acids is 2. The third-order valence-corrected chi connectivity index (χ3v) is 5.42. The van der Waals surface area contributed by atoms with Crippen LogP contribution in [0.25, 0.3) is 0 Å². The molecule has 3 rings (SSSR count). The van der Waals surface area contributed by atoms with Gasteiger partial charge in [0, 0.05) is 24.5 Å². The predicted molar refractivity (Wildman–Crippen MR) is 125 cm³/mol. The normalized spacial score (nSPS) is 11.4. The Hall–Kier alpha value is -3.12. The summed E-state index contributed by atoms with van der Waals surface area (Å²) < 4.78 is 6.64. The van der Waals surface area contributed by atoms with Gasteiger partial charge in [0.2, 0.25) is 5.91 Å². The zero-order valence-electron chi connectivity index (χ0n) is 17.3. The highest BCUT2D eigenvalue weighted by Crippen LogP contribution is 2.18. The van der Waals surface area contributed by atoms with Gasteiger partial charge in [0.25, 0.3) is 5.91 Å². The zero-order chi connectivity index (χ0) is 22.1. The van der Waals surface area contributed by atoms with Crippen molar-refractivity contribution in [2.75, 3.05) is 13.7 Å². The van der Waals surface area contributed by atoms with Crippen LogP contribution < -0.4 is 10.1 Å². The summed E-state index contributed by atoms with van der Waals surface area (Å²) in [6, 6.07) is 26.0. The molecule has 1 atom stereocenters. The molecule has 2 amide bonds.